The van der Waals surface area contributed by atoms with E-state index in [0.29, 0.717) is 5.69 Å². The van der Waals surface area contributed by atoms with Crippen LogP contribution in [-0.4, -0.2) is 14.4 Å². The maximum Gasteiger partial charge on any atom is 0.342 e. The third kappa shape index (κ3) is 5.13. The molecule has 3 nitrogen and oxygen atoms in total. The average Bonchev–Trinajstić information content (AvgIpc) is 2.42. The van der Waals surface area contributed by atoms with Crippen LogP contribution in [0, 0.1) is 0 Å². The van der Waals surface area contributed by atoms with E-state index in [1.807, 2.05) is 6.07 Å². The highest BCUT2D eigenvalue weighted by molar-refractivity contribution is 7.58. The summed E-state index contributed by atoms with van der Waals surface area (Å²) in [5.41, 5.74) is 1.61. The van der Waals surface area contributed by atoms with Crippen molar-refractivity contribution in [3.05, 3.63) is 29.3 Å². The molecule has 0 saturated heterocycles. The lowest BCUT2D eigenvalue weighted by molar-refractivity contribution is -0.198. The van der Waals surface area contributed by atoms with Crippen molar-refractivity contribution in [1.29, 1.82) is 0 Å². The Labute approximate surface area is 131 Å². The van der Waals surface area contributed by atoms with Crippen molar-refractivity contribution in [1.82, 2.24) is 0 Å². The Morgan fingerprint density at radius 1 is 1.25 bits per heavy atom. The number of carboxylic acid groups (broad SMARTS) is 1. The number of nitrogens with zero attached hydrogens (tertiary/aromatic N) is 1. The number of aryl methyl sites for hydroxylation is 1. The van der Waals surface area contributed by atoms with Gasteiger partial charge in [-0.3, -0.25) is 0 Å². The Hall–Kier alpha value is -1.07. The van der Waals surface area contributed by atoms with Crippen molar-refractivity contribution in [2.45, 2.75) is 51.9 Å². The van der Waals surface area contributed by atoms with Crippen LogP contribution in [0.5, 0.6) is 0 Å². The summed E-state index contributed by atoms with van der Waals surface area (Å²) in [7, 11) is 0. The second-order valence-corrected chi connectivity index (χ2v) is 5.85. The Morgan fingerprint density at radius 3 is 2.50 bits per heavy atom. The summed E-state index contributed by atoms with van der Waals surface area (Å²) in [6.45, 7) is 2.20. The molecule has 0 fully saturated rings. The van der Waals surface area contributed by atoms with Gasteiger partial charge < -0.3 is 5.11 Å². The maximum absolute atomic E-state index is 11.2. The van der Waals surface area contributed by atoms with Gasteiger partial charge in [0.1, 0.15) is 5.56 Å². The Bertz CT molecular complexity index is 475. The first-order valence-corrected chi connectivity index (χ1v) is 7.80. The Kier molecular flexibility index (Phi) is 7.62. The smallest absolute Gasteiger partial charge is 0.342 e. The Morgan fingerprint density at radius 2 is 1.90 bits per heavy atom. The topological polar surface area (TPSA) is 40.3 Å². The van der Waals surface area contributed by atoms with Crippen LogP contribution in [0.4, 0.5) is 5.69 Å². The third-order valence-corrected chi connectivity index (χ3v) is 3.70. The van der Waals surface area contributed by atoms with Crippen LogP contribution in [0.25, 0.3) is 0 Å². The number of aromatic carboxylic acids is 1. The van der Waals surface area contributed by atoms with Gasteiger partial charge in [0.05, 0.1) is 0 Å². The minimum atomic E-state index is -0.982. The van der Waals surface area contributed by atoms with Gasteiger partial charge in [-0.05, 0) is 18.9 Å². The van der Waals surface area contributed by atoms with Gasteiger partial charge in [-0.25, -0.2) is 8.15 Å². The standard InChI is InChI=1S/C15H21NO2S2/c1-2-3-4-5-6-7-9-12-10-8-11-13(15(17)18)14(12)16(19)20/h8,10-11H,2-7,9H2,1H3,(H,17,18). The molecule has 110 valence electrons. The molecule has 0 spiro atoms. The van der Waals surface area contributed by atoms with Crippen molar-refractivity contribution in [2.75, 3.05) is 0 Å². The van der Waals surface area contributed by atoms with Gasteiger partial charge in [0.2, 0.25) is 5.69 Å². The van der Waals surface area contributed by atoms with Crippen molar-refractivity contribution in [3.8, 4) is 0 Å². The summed E-state index contributed by atoms with van der Waals surface area (Å²) < 4.78 is 1.08. The van der Waals surface area contributed by atoms with Crippen LogP contribution in [0.3, 0.4) is 0 Å². The molecule has 0 heterocycles. The zero-order valence-electron chi connectivity index (χ0n) is 11.8. The summed E-state index contributed by atoms with van der Waals surface area (Å²) in [5, 5.41) is 9.19. The van der Waals surface area contributed by atoms with E-state index < -0.39 is 5.97 Å². The second kappa shape index (κ2) is 8.97. The van der Waals surface area contributed by atoms with E-state index in [4.69, 9.17) is 25.2 Å². The molecule has 0 aliphatic rings. The van der Waals surface area contributed by atoms with E-state index in [1.54, 1.807) is 12.1 Å². The van der Waals surface area contributed by atoms with Crippen LogP contribution < -0.4 is 0 Å². The molecule has 20 heavy (non-hydrogen) atoms. The molecule has 0 amide bonds. The van der Waals surface area contributed by atoms with Gasteiger partial charge in [-0.2, -0.15) is 0 Å². The molecule has 0 aliphatic carbocycles. The number of unbranched alkanes of at least 4 members (excludes halogenated alkanes) is 5. The van der Waals surface area contributed by atoms with Crippen LogP contribution in [0.1, 0.15) is 61.4 Å². The van der Waals surface area contributed by atoms with Gasteiger partial charge in [-0.1, -0.05) is 76.4 Å². The first kappa shape index (κ1) is 17.0. The van der Waals surface area contributed by atoms with E-state index in [-0.39, 0.29) is 5.56 Å². The molecule has 1 rings (SSSR count). The number of hydrogen-bond donors (Lipinski definition) is 1. The zero-order valence-corrected chi connectivity index (χ0v) is 13.4. The van der Waals surface area contributed by atoms with E-state index in [9.17, 15) is 9.90 Å². The molecule has 0 aliphatic heterocycles. The van der Waals surface area contributed by atoms with Crippen LogP contribution >= 0.6 is 0 Å². The molecule has 0 aromatic heterocycles. The summed E-state index contributed by atoms with van der Waals surface area (Å²) >= 11 is 9.92. The summed E-state index contributed by atoms with van der Waals surface area (Å²) in [5.74, 6) is -0.982. The Balaban J connectivity index is 2.67. The highest BCUT2D eigenvalue weighted by atomic mass is 32.2. The molecule has 5 heteroatoms. The fourth-order valence-corrected chi connectivity index (χ4v) is 2.71. The maximum atomic E-state index is 11.2. The molecular weight excluding hydrogens is 290 g/mol. The normalized spacial score (nSPS) is 10.4. The average molecular weight is 311 g/mol. The summed E-state index contributed by atoms with van der Waals surface area (Å²) in [6, 6.07) is 5.22. The zero-order chi connectivity index (χ0) is 15.0. The molecule has 0 saturated carbocycles. The molecule has 1 N–H and O–H groups in total. The first-order chi connectivity index (χ1) is 9.57. The third-order valence-electron chi connectivity index (χ3n) is 3.33. The quantitative estimate of drug-likeness (QED) is 0.423. The molecule has 0 radical (unpaired) electrons. The molecule has 0 atom stereocenters. The number of carboxylic acids is 1. The van der Waals surface area contributed by atoms with Crippen molar-refractivity contribution >= 4 is 36.9 Å². The highest BCUT2D eigenvalue weighted by Crippen LogP contribution is 2.25. The lowest BCUT2D eigenvalue weighted by Gasteiger charge is -2.09. The first-order valence-electron chi connectivity index (χ1n) is 7.07. The number of hydrogen-bond acceptors (Lipinski definition) is 3. The largest absolute Gasteiger partial charge is 0.477 e. The molecular formula is C15H21NO2S2. The van der Waals surface area contributed by atoms with E-state index >= 15 is 0 Å². The van der Waals surface area contributed by atoms with Gasteiger partial charge >= 0.3 is 5.97 Å². The lowest BCUT2D eigenvalue weighted by Crippen LogP contribution is -2.06. The highest BCUT2D eigenvalue weighted by Gasteiger charge is 2.19. The minimum absolute atomic E-state index is 0.193. The van der Waals surface area contributed by atoms with E-state index in [1.165, 1.54) is 25.7 Å². The fourth-order valence-electron chi connectivity index (χ4n) is 2.28. The van der Waals surface area contributed by atoms with Crippen LogP contribution in [-0.2, 0) is 31.7 Å². The van der Waals surface area contributed by atoms with Gasteiger partial charge in [0, 0.05) is 5.56 Å². The number of para-hydroxylation sites is 1. The number of carbonyl (C=O) groups is 1. The lowest BCUT2D eigenvalue weighted by atomic mass is 10.0. The van der Waals surface area contributed by atoms with Crippen molar-refractivity contribution < 1.29 is 13.3 Å². The summed E-state index contributed by atoms with van der Waals surface area (Å²) in [4.78, 5) is 11.2. The second-order valence-electron chi connectivity index (χ2n) is 4.89. The van der Waals surface area contributed by atoms with Gasteiger partial charge in [-0.15, -0.1) is 0 Å². The predicted molar refractivity (Wildman–Crippen MR) is 85.1 cm³/mol. The summed E-state index contributed by atoms with van der Waals surface area (Å²) in [6.07, 6.45) is 8.05. The number of rotatable bonds is 9. The van der Waals surface area contributed by atoms with Crippen molar-refractivity contribution in [3.63, 3.8) is 0 Å². The van der Waals surface area contributed by atoms with E-state index in [0.717, 1.165) is 28.2 Å². The SMILES string of the molecule is CCCCCCCCc1cccc(C(=O)O)c1[N+](=S)[S-]. The van der Waals surface area contributed by atoms with Crippen LogP contribution in [0.15, 0.2) is 18.2 Å². The molecule has 1 aromatic rings. The fraction of sp³-hybridized carbons (Fsp3) is 0.533. The van der Waals surface area contributed by atoms with Crippen molar-refractivity contribution in [2.24, 2.45) is 0 Å². The van der Waals surface area contributed by atoms with Gasteiger partial charge in [0.15, 0.2) is 0 Å². The minimum Gasteiger partial charge on any atom is -0.477 e. The van der Waals surface area contributed by atoms with Crippen LogP contribution in [0.2, 0.25) is 0 Å². The molecule has 0 unspecified atom stereocenters. The van der Waals surface area contributed by atoms with E-state index in [2.05, 4.69) is 6.92 Å². The number of benzene rings is 1. The molecule has 0 bridgehead atoms. The predicted octanol–water partition coefficient (Wildman–Crippen LogP) is 4.12. The molecule has 1 aromatic carbocycles. The monoisotopic (exact) mass is 311 g/mol. The van der Waals surface area contributed by atoms with Gasteiger partial charge in [0.25, 0.3) is 0 Å².